The Hall–Kier alpha value is -0.160. The van der Waals surface area contributed by atoms with E-state index in [9.17, 15) is 0 Å². The fourth-order valence-corrected chi connectivity index (χ4v) is 2.09. The first-order valence-electron chi connectivity index (χ1n) is 6.81. The minimum atomic E-state index is -0.0782. The van der Waals surface area contributed by atoms with Crippen LogP contribution in [0, 0.1) is 5.41 Å². The molecule has 0 unspecified atom stereocenters. The molecular formula is C13H27NO3. The van der Waals surface area contributed by atoms with Gasteiger partial charge in [-0.2, -0.15) is 0 Å². The first-order chi connectivity index (χ1) is 8.26. The molecular weight excluding hydrogens is 218 g/mol. The van der Waals surface area contributed by atoms with E-state index < -0.39 is 0 Å². The highest BCUT2D eigenvalue weighted by Crippen LogP contribution is 2.47. The largest absolute Gasteiger partial charge is 0.396 e. The highest BCUT2D eigenvalue weighted by atomic mass is 16.7. The molecule has 17 heavy (non-hydrogen) atoms. The molecule has 0 aliphatic heterocycles. The summed E-state index contributed by atoms with van der Waals surface area (Å²) in [5, 5.41) is 12.4. The molecule has 0 aromatic rings. The zero-order chi connectivity index (χ0) is 12.6. The smallest absolute Gasteiger partial charge is 0.158 e. The van der Waals surface area contributed by atoms with Gasteiger partial charge in [0, 0.05) is 32.8 Å². The summed E-state index contributed by atoms with van der Waals surface area (Å²) in [6.07, 6.45) is 4.24. The Morgan fingerprint density at radius 2 is 1.88 bits per heavy atom. The van der Waals surface area contributed by atoms with Crippen LogP contribution in [0.4, 0.5) is 0 Å². The molecule has 0 heterocycles. The topological polar surface area (TPSA) is 50.7 Å². The second-order valence-corrected chi connectivity index (χ2v) is 4.78. The van der Waals surface area contributed by atoms with Crippen molar-refractivity contribution in [1.82, 2.24) is 5.32 Å². The van der Waals surface area contributed by atoms with E-state index in [0.29, 0.717) is 25.2 Å². The lowest BCUT2D eigenvalue weighted by molar-refractivity contribution is -0.138. The lowest BCUT2D eigenvalue weighted by atomic mass is 10.0. The molecule has 1 aliphatic rings. The SMILES string of the molecule is CCOC(CCNCC1(CCO)CC1)OCC. The van der Waals surface area contributed by atoms with Gasteiger partial charge in [-0.3, -0.25) is 0 Å². The standard InChI is InChI=1S/C13H27NO3/c1-3-16-12(17-4-2)5-9-14-11-13(6-7-13)8-10-15/h12,14-15H,3-11H2,1-2H3. The summed E-state index contributed by atoms with van der Waals surface area (Å²) in [4.78, 5) is 0. The molecule has 1 fully saturated rings. The van der Waals surface area contributed by atoms with Crippen LogP contribution in [0.5, 0.6) is 0 Å². The monoisotopic (exact) mass is 245 g/mol. The van der Waals surface area contributed by atoms with E-state index in [-0.39, 0.29) is 6.29 Å². The summed E-state index contributed by atoms with van der Waals surface area (Å²) in [6, 6.07) is 0. The zero-order valence-corrected chi connectivity index (χ0v) is 11.2. The van der Waals surface area contributed by atoms with E-state index in [2.05, 4.69) is 5.32 Å². The second-order valence-electron chi connectivity index (χ2n) is 4.78. The Labute approximate surface area is 105 Å². The Balaban J connectivity index is 2.05. The zero-order valence-electron chi connectivity index (χ0n) is 11.2. The third-order valence-electron chi connectivity index (χ3n) is 3.36. The molecule has 0 aromatic heterocycles. The minimum absolute atomic E-state index is 0.0782. The van der Waals surface area contributed by atoms with E-state index in [0.717, 1.165) is 25.9 Å². The van der Waals surface area contributed by atoms with Gasteiger partial charge in [0.25, 0.3) is 0 Å². The minimum Gasteiger partial charge on any atom is -0.396 e. The fourth-order valence-electron chi connectivity index (χ4n) is 2.09. The van der Waals surface area contributed by atoms with Crippen LogP contribution in [0.15, 0.2) is 0 Å². The van der Waals surface area contributed by atoms with Gasteiger partial charge in [0.2, 0.25) is 0 Å². The van der Waals surface area contributed by atoms with Gasteiger partial charge in [-0.1, -0.05) is 0 Å². The van der Waals surface area contributed by atoms with Gasteiger partial charge in [-0.15, -0.1) is 0 Å². The molecule has 0 saturated heterocycles. The van der Waals surface area contributed by atoms with Crippen LogP contribution < -0.4 is 5.32 Å². The van der Waals surface area contributed by atoms with Crippen molar-refractivity contribution in [2.45, 2.75) is 45.8 Å². The molecule has 0 radical (unpaired) electrons. The van der Waals surface area contributed by atoms with Gasteiger partial charge in [0.1, 0.15) is 0 Å². The van der Waals surface area contributed by atoms with E-state index in [4.69, 9.17) is 14.6 Å². The normalized spacial score (nSPS) is 17.6. The molecule has 4 heteroatoms. The van der Waals surface area contributed by atoms with Crippen molar-refractivity contribution in [2.24, 2.45) is 5.41 Å². The molecule has 0 bridgehead atoms. The third-order valence-corrected chi connectivity index (χ3v) is 3.36. The van der Waals surface area contributed by atoms with Crippen molar-refractivity contribution in [3.63, 3.8) is 0 Å². The van der Waals surface area contributed by atoms with Gasteiger partial charge < -0.3 is 19.9 Å². The van der Waals surface area contributed by atoms with Crippen molar-refractivity contribution in [1.29, 1.82) is 0 Å². The van der Waals surface area contributed by atoms with Crippen LogP contribution in [0.2, 0.25) is 0 Å². The number of aliphatic hydroxyl groups excluding tert-OH is 1. The van der Waals surface area contributed by atoms with E-state index in [1.165, 1.54) is 12.8 Å². The van der Waals surface area contributed by atoms with Gasteiger partial charge in [0.15, 0.2) is 6.29 Å². The Bertz CT molecular complexity index is 189. The van der Waals surface area contributed by atoms with Gasteiger partial charge >= 0.3 is 0 Å². The molecule has 0 spiro atoms. The molecule has 0 atom stereocenters. The molecule has 1 aliphatic carbocycles. The molecule has 1 rings (SSSR count). The Morgan fingerprint density at radius 3 is 2.35 bits per heavy atom. The van der Waals surface area contributed by atoms with Crippen molar-refractivity contribution < 1.29 is 14.6 Å². The summed E-state index contributed by atoms with van der Waals surface area (Å²) < 4.78 is 11.0. The predicted octanol–water partition coefficient (Wildman–Crippen LogP) is 1.53. The first-order valence-corrected chi connectivity index (χ1v) is 6.81. The lowest BCUT2D eigenvalue weighted by Crippen LogP contribution is -2.29. The van der Waals surface area contributed by atoms with Gasteiger partial charge in [-0.05, 0) is 45.1 Å². The number of ether oxygens (including phenoxy) is 2. The predicted molar refractivity (Wildman–Crippen MR) is 67.9 cm³/mol. The lowest BCUT2D eigenvalue weighted by Gasteiger charge is -2.19. The van der Waals surface area contributed by atoms with E-state index in [1.807, 2.05) is 13.8 Å². The average Bonchev–Trinajstić information content (AvgIpc) is 3.06. The third kappa shape index (κ3) is 5.82. The summed E-state index contributed by atoms with van der Waals surface area (Å²) in [7, 11) is 0. The number of aliphatic hydroxyl groups is 1. The maximum Gasteiger partial charge on any atom is 0.158 e. The van der Waals surface area contributed by atoms with Crippen LogP contribution in [0.25, 0.3) is 0 Å². The number of nitrogens with one attached hydrogen (secondary N) is 1. The average molecular weight is 245 g/mol. The molecule has 4 nitrogen and oxygen atoms in total. The molecule has 0 aromatic carbocycles. The molecule has 2 N–H and O–H groups in total. The second kappa shape index (κ2) is 8.03. The molecule has 0 amide bonds. The van der Waals surface area contributed by atoms with Crippen molar-refractivity contribution in [2.75, 3.05) is 32.9 Å². The van der Waals surface area contributed by atoms with Gasteiger partial charge in [0.05, 0.1) is 0 Å². The Morgan fingerprint density at radius 1 is 1.24 bits per heavy atom. The van der Waals surface area contributed by atoms with E-state index >= 15 is 0 Å². The summed E-state index contributed by atoms with van der Waals surface area (Å²) in [6.45, 7) is 7.59. The summed E-state index contributed by atoms with van der Waals surface area (Å²) in [5.74, 6) is 0. The fraction of sp³-hybridized carbons (Fsp3) is 1.00. The van der Waals surface area contributed by atoms with Crippen LogP contribution >= 0.6 is 0 Å². The number of rotatable bonds is 11. The van der Waals surface area contributed by atoms with Crippen LogP contribution in [0.3, 0.4) is 0 Å². The summed E-state index contributed by atoms with van der Waals surface area (Å²) >= 11 is 0. The first kappa shape index (κ1) is 14.9. The van der Waals surface area contributed by atoms with Crippen LogP contribution in [-0.4, -0.2) is 44.3 Å². The van der Waals surface area contributed by atoms with Gasteiger partial charge in [-0.25, -0.2) is 0 Å². The maximum atomic E-state index is 8.96. The van der Waals surface area contributed by atoms with Crippen molar-refractivity contribution in [3.05, 3.63) is 0 Å². The van der Waals surface area contributed by atoms with Crippen molar-refractivity contribution >= 4 is 0 Å². The Kier molecular flexibility index (Phi) is 7.04. The van der Waals surface area contributed by atoms with Crippen molar-refractivity contribution in [3.8, 4) is 0 Å². The summed E-state index contributed by atoms with van der Waals surface area (Å²) in [5.41, 5.74) is 0.390. The molecule has 102 valence electrons. The maximum absolute atomic E-state index is 8.96. The van der Waals surface area contributed by atoms with Crippen LogP contribution in [0.1, 0.15) is 39.5 Å². The highest BCUT2D eigenvalue weighted by molar-refractivity contribution is 4.94. The number of hydrogen-bond donors (Lipinski definition) is 2. The van der Waals surface area contributed by atoms with Crippen LogP contribution in [-0.2, 0) is 9.47 Å². The number of hydrogen-bond acceptors (Lipinski definition) is 4. The quantitative estimate of drug-likeness (QED) is 0.428. The highest BCUT2D eigenvalue weighted by Gasteiger charge is 2.41. The molecule has 1 saturated carbocycles. The van der Waals surface area contributed by atoms with E-state index in [1.54, 1.807) is 0 Å².